The van der Waals surface area contributed by atoms with Crippen molar-refractivity contribution in [2.75, 3.05) is 10.6 Å². The van der Waals surface area contributed by atoms with Gasteiger partial charge in [0.2, 0.25) is 5.91 Å². The first-order valence-corrected chi connectivity index (χ1v) is 5.61. The number of alkyl halides is 1. The van der Waals surface area contributed by atoms with Crippen LogP contribution in [0.4, 0.5) is 5.69 Å². The van der Waals surface area contributed by atoms with E-state index in [1.807, 2.05) is 0 Å². The van der Waals surface area contributed by atoms with Gasteiger partial charge in [0.15, 0.2) is 0 Å². The van der Waals surface area contributed by atoms with Gasteiger partial charge in [-0.15, -0.1) is 0 Å². The molecule has 3 nitrogen and oxygen atoms in total. The average Bonchev–Trinajstić information content (AvgIpc) is 2.09. The zero-order valence-electron chi connectivity index (χ0n) is 6.76. The van der Waals surface area contributed by atoms with E-state index >= 15 is 0 Å². The summed E-state index contributed by atoms with van der Waals surface area (Å²) in [7, 11) is 0. The highest BCUT2D eigenvalue weighted by atomic mass is 79.9. The molecule has 0 aliphatic heterocycles. The normalized spacial score (nSPS) is 9.69. The van der Waals surface area contributed by atoms with E-state index in [9.17, 15) is 4.79 Å². The lowest BCUT2D eigenvalue weighted by atomic mass is 10.4. The van der Waals surface area contributed by atoms with Crippen LogP contribution in [0.3, 0.4) is 0 Å². The molecule has 0 radical (unpaired) electrons. The molecule has 0 saturated heterocycles. The SMILES string of the molecule is O=C(CCBr)Nc1ccncc1Br. The summed E-state index contributed by atoms with van der Waals surface area (Å²) >= 11 is 6.48. The number of anilines is 1. The Hall–Kier alpha value is -0.420. The third-order valence-corrected chi connectivity index (χ3v) is 2.40. The molecule has 1 aromatic rings. The number of aromatic nitrogens is 1. The van der Waals surface area contributed by atoms with E-state index in [1.165, 1.54) is 0 Å². The van der Waals surface area contributed by atoms with Crippen LogP contribution in [0.15, 0.2) is 22.9 Å². The first-order valence-electron chi connectivity index (χ1n) is 3.69. The predicted molar refractivity (Wildman–Crippen MR) is 59.0 cm³/mol. The molecule has 1 N–H and O–H groups in total. The van der Waals surface area contributed by atoms with Crippen LogP contribution in [0.2, 0.25) is 0 Å². The number of carbonyl (C=O) groups excluding carboxylic acids is 1. The van der Waals surface area contributed by atoms with Crippen molar-refractivity contribution in [2.45, 2.75) is 6.42 Å². The molecule has 0 aliphatic rings. The summed E-state index contributed by atoms with van der Waals surface area (Å²) in [6.07, 6.45) is 3.74. The zero-order valence-corrected chi connectivity index (χ0v) is 9.93. The Bertz CT molecular complexity index is 304. The molecule has 0 spiro atoms. The number of hydrogen-bond donors (Lipinski definition) is 1. The molecule has 0 saturated carbocycles. The van der Waals surface area contributed by atoms with Gasteiger partial charge in [0.05, 0.1) is 10.2 Å². The van der Waals surface area contributed by atoms with Crippen LogP contribution >= 0.6 is 31.9 Å². The molecule has 0 aromatic carbocycles. The van der Waals surface area contributed by atoms with Crippen LogP contribution in [0, 0.1) is 0 Å². The van der Waals surface area contributed by atoms with Gasteiger partial charge >= 0.3 is 0 Å². The van der Waals surface area contributed by atoms with Gasteiger partial charge in [-0.05, 0) is 22.0 Å². The van der Waals surface area contributed by atoms with Crippen molar-refractivity contribution in [1.82, 2.24) is 4.98 Å². The van der Waals surface area contributed by atoms with E-state index in [-0.39, 0.29) is 5.91 Å². The zero-order chi connectivity index (χ0) is 9.68. The van der Waals surface area contributed by atoms with Gasteiger partial charge in [0.25, 0.3) is 0 Å². The van der Waals surface area contributed by atoms with E-state index in [1.54, 1.807) is 18.5 Å². The van der Waals surface area contributed by atoms with Gasteiger partial charge in [-0.3, -0.25) is 9.78 Å². The highest BCUT2D eigenvalue weighted by Crippen LogP contribution is 2.19. The summed E-state index contributed by atoms with van der Waals surface area (Å²) in [6.45, 7) is 0. The highest BCUT2D eigenvalue weighted by molar-refractivity contribution is 9.10. The second-order valence-corrected chi connectivity index (χ2v) is 3.99. The number of halogens is 2. The Morgan fingerprint density at radius 2 is 2.38 bits per heavy atom. The summed E-state index contributed by atoms with van der Waals surface area (Å²) in [5, 5.41) is 3.42. The topological polar surface area (TPSA) is 42.0 Å². The molecule has 0 unspecified atom stereocenters. The second-order valence-electron chi connectivity index (χ2n) is 2.34. The molecule has 1 aromatic heterocycles. The number of pyridine rings is 1. The Morgan fingerprint density at radius 1 is 1.62 bits per heavy atom. The molecule has 0 fully saturated rings. The standard InChI is InChI=1S/C8H8Br2N2O/c9-3-1-8(13)12-7-2-4-11-5-6(7)10/h2,4-5H,1,3H2,(H,11,12,13). The van der Waals surface area contributed by atoms with Gasteiger partial charge in [-0.25, -0.2) is 0 Å². The van der Waals surface area contributed by atoms with Crippen molar-refractivity contribution in [2.24, 2.45) is 0 Å². The van der Waals surface area contributed by atoms with Gasteiger partial charge in [-0.2, -0.15) is 0 Å². The van der Waals surface area contributed by atoms with Crippen LogP contribution in [0.25, 0.3) is 0 Å². The molecule has 1 heterocycles. The molecule has 0 bridgehead atoms. The second kappa shape index (κ2) is 5.34. The maximum atomic E-state index is 11.2. The lowest BCUT2D eigenvalue weighted by Crippen LogP contribution is -2.11. The Balaban J connectivity index is 2.63. The molecular formula is C8H8Br2N2O. The fourth-order valence-corrected chi connectivity index (χ4v) is 1.48. The Kier molecular flexibility index (Phi) is 4.38. The molecule has 0 aliphatic carbocycles. The largest absolute Gasteiger partial charge is 0.325 e. The quantitative estimate of drug-likeness (QED) is 0.872. The van der Waals surface area contributed by atoms with Crippen molar-refractivity contribution >= 4 is 43.5 Å². The van der Waals surface area contributed by atoms with E-state index in [2.05, 4.69) is 42.2 Å². The minimum atomic E-state index is -0.0104. The smallest absolute Gasteiger partial charge is 0.225 e. The van der Waals surface area contributed by atoms with Gasteiger partial charge < -0.3 is 5.32 Å². The van der Waals surface area contributed by atoms with Crippen molar-refractivity contribution in [3.05, 3.63) is 22.9 Å². The third-order valence-electron chi connectivity index (χ3n) is 1.37. The van der Waals surface area contributed by atoms with Crippen molar-refractivity contribution < 1.29 is 4.79 Å². The molecule has 13 heavy (non-hydrogen) atoms. The predicted octanol–water partition coefficient (Wildman–Crippen LogP) is 2.57. The van der Waals surface area contributed by atoms with E-state index in [0.717, 1.165) is 10.2 Å². The highest BCUT2D eigenvalue weighted by Gasteiger charge is 2.03. The first-order chi connectivity index (χ1) is 6.24. The monoisotopic (exact) mass is 306 g/mol. The fourth-order valence-electron chi connectivity index (χ4n) is 0.775. The molecule has 1 amide bonds. The van der Waals surface area contributed by atoms with Crippen LogP contribution < -0.4 is 5.32 Å². The van der Waals surface area contributed by atoms with Crippen LogP contribution in [0.1, 0.15) is 6.42 Å². The lowest BCUT2D eigenvalue weighted by Gasteiger charge is -2.04. The van der Waals surface area contributed by atoms with Crippen molar-refractivity contribution in [3.8, 4) is 0 Å². The maximum Gasteiger partial charge on any atom is 0.225 e. The molecule has 70 valence electrons. The summed E-state index contributed by atoms with van der Waals surface area (Å²) in [5.41, 5.74) is 0.751. The maximum absolute atomic E-state index is 11.2. The summed E-state index contributed by atoms with van der Waals surface area (Å²) in [4.78, 5) is 15.1. The lowest BCUT2D eigenvalue weighted by molar-refractivity contribution is -0.115. The van der Waals surface area contributed by atoms with Crippen LogP contribution in [-0.4, -0.2) is 16.2 Å². The molecule has 0 atom stereocenters. The molecule has 1 rings (SSSR count). The van der Waals surface area contributed by atoms with Crippen molar-refractivity contribution in [3.63, 3.8) is 0 Å². The first kappa shape index (κ1) is 10.7. The van der Waals surface area contributed by atoms with Crippen LogP contribution in [0.5, 0.6) is 0 Å². The van der Waals surface area contributed by atoms with Crippen molar-refractivity contribution in [1.29, 1.82) is 0 Å². The average molecular weight is 308 g/mol. The summed E-state index contributed by atoms with van der Waals surface area (Å²) in [6, 6.07) is 1.75. The Labute approximate surface area is 93.2 Å². The number of nitrogens with one attached hydrogen (secondary N) is 1. The number of carbonyl (C=O) groups is 1. The summed E-state index contributed by atoms with van der Waals surface area (Å²) in [5.74, 6) is -0.0104. The number of hydrogen-bond acceptors (Lipinski definition) is 2. The van der Waals surface area contributed by atoms with Crippen LogP contribution in [-0.2, 0) is 4.79 Å². The fraction of sp³-hybridized carbons (Fsp3) is 0.250. The summed E-state index contributed by atoms with van der Waals surface area (Å²) < 4.78 is 0.790. The third kappa shape index (κ3) is 3.44. The number of nitrogens with zero attached hydrogens (tertiary/aromatic N) is 1. The van der Waals surface area contributed by atoms with Gasteiger partial charge in [-0.1, -0.05) is 15.9 Å². The van der Waals surface area contributed by atoms with E-state index < -0.39 is 0 Å². The number of amides is 1. The van der Waals surface area contributed by atoms with E-state index in [4.69, 9.17) is 0 Å². The number of rotatable bonds is 3. The Morgan fingerprint density at radius 3 is 3.00 bits per heavy atom. The molecule has 5 heteroatoms. The minimum Gasteiger partial charge on any atom is -0.325 e. The van der Waals surface area contributed by atoms with Gasteiger partial charge in [0, 0.05) is 24.1 Å². The van der Waals surface area contributed by atoms with E-state index in [0.29, 0.717) is 11.8 Å². The minimum absolute atomic E-state index is 0.0104. The van der Waals surface area contributed by atoms with Gasteiger partial charge in [0.1, 0.15) is 0 Å². The molecular weight excluding hydrogens is 300 g/mol.